The number of unbranched alkanes of at least 4 members (excludes halogenated alkanes) is 1. The van der Waals surface area contributed by atoms with Crippen LogP contribution < -0.4 is 15.4 Å². The predicted molar refractivity (Wildman–Crippen MR) is 150 cm³/mol. The Hall–Kier alpha value is -2.61. The van der Waals surface area contributed by atoms with Crippen molar-refractivity contribution in [1.29, 1.82) is 0 Å². The Balaban J connectivity index is 1.45. The zero-order chi connectivity index (χ0) is 26.6. The molecule has 4 unspecified atom stereocenters. The van der Waals surface area contributed by atoms with Crippen LogP contribution in [0, 0.1) is 18.4 Å². The number of aliphatic hydroxyl groups is 1. The van der Waals surface area contributed by atoms with Gasteiger partial charge in [-0.3, -0.25) is 0 Å². The van der Waals surface area contributed by atoms with Crippen LogP contribution in [-0.2, 0) is 11.2 Å². The summed E-state index contributed by atoms with van der Waals surface area (Å²) in [7, 11) is 1.93. The van der Waals surface area contributed by atoms with Gasteiger partial charge in [0.25, 0.3) is 0 Å². The highest BCUT2D eigenvalue weighted by Gasteiger charge is 2.30. The number of hydrogen-bond donors (Lipinski definition) is 4. The number of aliphatic imine (C=N–C) groups is 1. The molecule has 2 aliphatic heterocycles. The fourth-order valence-electron chi connectivity index (χ4n) is 4.56. The van der Waals surface area contributed by atoms with E-state index in [-0.39, 0.29) is 29.9 Å². The number of ether oxygens (including phenoxy) is 2. The number of allylic oxidation sites excluding steroid dienone is 1. The van der Waals surface area contributed by atoms with E-state index in [9.17, 15) is 10.2 Å². The molecule has 0 amide bonds. The van der Waals surface area contributed by atoms with E-state index in [1.165, 1.54) is 12.8 Å². The molecule has 0 aliphatic carbocycles. The van der Waals surface area contributed by atoms with E-state index in [2.05, 4.69) is 48.0 Å². The first kappa shape index (κ1) is 29.0. The quantitative estimate of drug-likeness (QED) is 0.230. The third-order valence-electron chi connectivity index (χ3n) is 6.88. The van der Waals surface area contributed by atoms with Gasteiger partial charge in [0.15, 0.2) is 23.8 Å². The number of nitrogens with one attached hydrogen (secondary N) is 2. The van der Waals surface area contributed by atoms with Crippen molar-refractivity contribution in [2.45, 2.75) is 77.5 Å². The van der Waals surface area contributed by atoms with E-state index in [1.807, 2.05) is 25.4 Å². The van der Waals surface area contributed by atoms with Crippen LogP contribution in [0.1, 0.15) is 58.4 Å². The monoisotopic (exact) mass is 511 g/mol. The standard InChI is InChI=1S/C30H45N3O4/c1-5-6-7-26-11-12-27(37-26)10-8-23-9-13-29(35)30(16-23)36-15-14-25-17-24(19-32-25)22(3)28(20-31-4)33-18-21(2)34/h9,11-13,16-17,19,21-22,26,28,31,33-35H,5-8,10,14-15,18,20H2,1-4H3. The molecule has 7 nitrogen and oxygen atoms in total. The minimum absolute atomic E-state index is 0.150. The summed E-state index contributed by atoms with van der Waals surface area (Å²) < 4.78 is 12.0. The predicted octanol–water partition coefficient (Wildman–Crippen LogP) is 4.51. The number of hydrogen-bond acceptors (Lipinski definition) is 7. The fraction of sp³-hybridized carbons (Fsp3) is 0.567. The lowest BCUT2D eigenvalue weighted by Gasteiger charge is -2.23. The van der Waals surface area contributed by atoms with E-state index in [0.29, 0.717) is 25.3 Å². The average Bonchev–Trinajstić information content (AvgIpc) is 3.55. The molecule has 4 N–H and O–H groups in total. The van der Waals surface area contributed by atoms with Crippen molar-refractivity contribution in [3.8, 4) is 11.5 Å². The molecule has 0 radical (unpaired) electrons. The lowest BCUT2D eigenvalue weighted by atomic mass is 9.92. The molecule has 37 heavy (non-hydrogen) atoms. The van der Waals surface area contributed by atoms with Gasteiger partial charge in [0, 0.05) is 25.2 Å². The highest BCUT2D eigenvalue weighted by atomic mass is 16.5. The number of nitrogens with zero attached hydrogens (tertiary/aromatic N) is 1. The molecular formula is C30H45N3O4. The third-order valence-corrected chi connectivity index (χ3v) is 6.88. The Morgan fingerprint density at radius 2 is 2.08 bits per heavy atom. The van der Waals surface area contributed by atoms with E-state index in [0.717, 1.165) is 48.7 Å². The molecule has 7 heteroatoms. The first-order valence-electron chi connectivity index (χ1n) is 13.7. The average molecular weight is 512 g/mol. The van der Waals surface area contributed by atoms with Crippen LogP contribution >= 0.6 is 0 Å². The van der Waals surface area contributed by atoms with Gasteiger partial charge in [-0.15, -0.1) is 4.99 Å². The maximum atomic E-state index is 10.3. The van der Waals surface area contributed by atoms with Crippen molar-refractivity contribution in [1.82, 2.24) is 10.6 Å². The largest absolute Gasteiger partial charge is 0.592 e. The Morgan fingerprint density at radius 1 is 1.24 bits per heavy atom. The molecule has 0 aromatic heterocycles. The molecule has 2 heterocycles. The third kappa shape index (κ3) is 9.33. The first-order chi connectivity index (χ1) is 17.9. The zero-order valence-electron chi connectivity index (χ0n) is 22.9. The van der Waals surface area contributed by atoms with Crippen LogP contribution in [-0.4, -0.2) is 61.4 Å². The van der Waals surface area contributed by atoms with Crippen LogP contribution in [0.15, 0.2) is 46.7 Å². The minimum atomic E-state index is -0.387. The van der Waals surface area contributed by atoms with Gasteiger partial charge < -0.3 is 30.3 Å². The van der Waals surface area contributed by atoms with Crippen molar-refractivity contribution < 1.29 is 19.7 Å². The van der Waals surface area contributed by atoms with Crippen molar-refractivity contribution in [3.05, 3.63) is 59.7 Å². The maximum Gasteiger partial charge on any atom is 0.176 e. The van der Waals surface area contributed by atoms with Gasteiger partial charge in [-0.1, -0.05) is 38.0 Å². The first-order valence-corrected chi connectivity index (χ1v) is 13.7. The second-order valence-corrected chi connectivity index (χ2v) is 10.1. The summed E-state index contributed by atoms with van der Waals surface area (Å²) in [6.45, 7) is 7.94. The molecule has 0 fully saturated rings. The SMILES string of the molecule is CCCCC1[CH-]C=C(CCc2ccc(O)c(OCC[C+]3C=C(C(C)C(CNC)NCC(C)O)C=N3)c2)O1. The minimum Gasteiger partial charge on any atom is -0.592 e. The number of phenolic OH excluding ortho intramolecular Hbond substituents is 1. The summed E-state index contributed by atoms with van der Waals surface area (Å²) in [5, 5.41) is 26.6. The van der Waals surface area contributed by atoms with E-state index in [4.69, 9.17) is 9.47 Å². The lowest BCUT2D eigenvalue weighted by molar-refractivity contribution is 0.147. The van der Waals surface area contributed by atoms with E-state index in [1.54, 1.807) is 13.0 Å². The number of likely N-dealkylation sites (N-methyl/N-ethyl adjacent to an activating group) is 1. The van der Waals surface area contributed by atoms with Gasteiger partial charge >= 0.3 is 0 Å². The number of aromatic hydroxyl groups is 1. The fourth-order valence-corrected chi connectivity index (χ4v) is 4.56. The zero-order valence-corrected chi connectivity index (χ0v) is 22.9. The van der Waals surface area contributed by atoms with Crippen LogP contribution in [0.2, 0.25) is 0 Å². The summed E-state index contributed by atoms with van der Waals surface area (Å²) in [5.74, 6) is 1.93. The van der Waals surface area contributed by atoms with Crippen LogP contribution in [0.25, 0.3) is 0 Å². The highest BCUT2D eigenvalue weighted by Crippen LogP contribution is 2.31. The van der Waals surface area contributed by atoms with Crippen molar-refractivity contribution >= 4 is 6.21 Å². The van der Waals surface area contributed by atoms with Crippen molar-refractivity contribution in [2.75, 3.05) is 26.7 Å². The molecule has 0 saturated carbocycles. The lowest BCUT2D eigenvalue weighted by Crippen LogP contribution is -2.45. The van der Waals surface area contributed by atoms with E-state index >= 15 is 0 Å². The van der Waals surface area contributed by atoms with Gasteiger partial charge in [-0.05, 0) is 51.4 Å². The van der Waals surface area contributed by atoms with Gasteiger partial charge in [0.05, 0.1) is 24.5 Å². The summed E-state index contributed by atoms with van der Waals surface area (Å²) in [4.78, 5) is 4.58. The van der Waals surface area contributed by atoms with Crippen LogP contribution in [0.3, 0.4) is 0 Å². The number of aliphatic hydroxyl groups excluding tert-OH is 1. The Labute approximate surface area is 223 Å². The molecule has 3 rings (SSSR count). The molecule has 2 aliphatic rings. The molecule has 0 saturated heterocycles. The normalized spacial score (nSPS) is 19.2. The van der Waals surface area contributed by atoms with Gasteiger partial charge in [-0.2, -0.15) is 12.5 Å². The smallest absolute Gasteiger partial charge is 0.176 e. The van der Waals surface area contributed by atoms with Crippen LogP contribution in [0.5, 0.6) is 11.5 Å². The second-order valence-electron chi connectivity index (χ2n) is 10.1. The Bertz CT molecular complexity index is 927. The maximum absolute atomic E-state index is 10.3. The molecule has 1 aromatic carbocycles. The number of benzene rings is 1. The molecule has 204 valence electrons. The van der Waals surface area contributed by atoms with Gasteiger partial charge in [-0.25, -0.2) is 0 Å². The summed E-state index contributed by atoms with van der Waals surface area (Å²) >= 11 is 0. The second kappa shape index (κ2) is 15.0. The van der Waals surface area contributed by atoms with Gasteiger partial charge in [0.1, 0.15) is 12.2 Å². The number of aryl methyl sites for hydroxylation is 1. The van der Waals surface area contributed by atoms with Gasteiger partial charge in [0.2, 0.25) is 0 Å². The molecule has 0 bridgehead atoms. The summed E-state index contributed by atoms with van der Waals surface area (Å²) in [6, 6.07) is 6.72. The molecule has 0 spiro atoms. The van der Waals surface area contributed by atoms with Crippen molar-refractivity contribution in [3.63, 3.8) is 0 Å². The van der Waals surface area contributed by atoms with E-state index < -0.39 is 0 Å². The molecular weight excluding hydrogens is 466 g/mol. The number of phenols is 1. The highest BCUT2D eigenvalue weighted by molar-refractivity contribution is 5.83. The molecule has 1 aromatic rings. The van der Waals surface area contributed by atoms with Crippen LogP contribution in [0.4, 0.5) is 0 Å². The Kier molecular flexibility index (Phi) is 11.7. The summed E-state index contributed by atoms with van der Waals surface area (Å²) in [5.41, 5.74) is 2.27. The topological polar surface area (TPSA) is 95.3 Å². The summed E-state index contributed by atoms with van der Waals surface area (Å²) in [6.07, 6.45) is 13.9. The van der Waals surface area contributed by atoms with Crippen molar-refractivity contribution in [2.24, 2.45) is 10.9 Å². The Morgan fingerprint density at radius 3 is 2.84 bits per heavy atom. The number of rotatable bonds is 17. The molecule has 4 atom stereocenters.